The van der Waals surface area contributed by atoms with Gasteiger partial charge in [0.1, 0.15) is 12.1 Å². The highest BCUT2D eigenvalue weighted by atomic mass is 16.1. The number of hydrogen-bond acceptors (Lipinski definition) is 5. The van der Waals surface area contributed by atoms with Crippen molar-refractivity contribution in [2.24, 2.45) is 11.1 Å². The predicted molar refractivity (Wildman–Crippen MR) is 72.2 cm³/mol. The quantitative estimate of drug-likeness (QED) is 0.793. The van der Waals surface area contributed by atoms with Crippen LogP contribution in [0.3, 0.4) is 0 Å². The second-order valence-electron chi connectivity index (χ2n) is 5.51. The van der Waals surface area contributed by atoms with Gasteiger partial charge in [0.15, 0.2) is 5.65 Å². The molecule has 1 saturated heterocycles. The molecule has 7 nitrogen and oxygen atoms in total. The molecule has 0 radical (unpaired) electrons. The van der Waals surface area contributed by atoms with Gasteiger partial charge in [-0.3, -0.25) is 0 Å². The van der Waals surface area contributed by atoms with Crippen LogP contribution in [-0.4, -0.2) is 39.2 Å². The van der Waals surface area contributed by atoms with E-state index in [1.807, 2.05) is 6.07 Å². The van der Waals surface area contributed by atoms with Crippen molar-refractivity contribution in [2.45, 2.75) is 19.8 Å². The van der Waals surface area contributed by atoms with E-state index < -0.39 is 0 Å². The van der Waals surface area contributed by atoms with Crippen molar-refractivity contribution < 1.29 is 0 Å². The lowest BCUT2D eigenvalue weighted by atomic mass is 9.80. The smallest absolute Gasteiger partial charge is 0.348 e. The van der Waals surface area contributed by atoms with Crippen molar-refractivity contribution in [3.63, 3.8) is 0 Å². The molecule has 0 atom stereocenters. The maximum Gasteiger partial charge on any atom is 0.348 e. The monoisotopic (exact) mass is 262 g/mol. The molecule has 2 aromatic heterocycles. The summed E-state index contributed by atoms with van der Waals surface area (Å²) in [4.78, 5) is 17.9. The van der Waals surface area contributed by atoms with Gasteiger partial charge in [0.05, 0.1) is 0 Å². The Morgan fingerprint density at radius 2 is 2.21 bits per heavy atom. The van der Waals surface area contributed by atoms with Crippen LogP contribution < -0.4 is 16.3 Å². The first-order chi connectivity index (χ1) is 9.11. The van der Waals surface area contributed by atoms with Crippen LogP contribution in [0.1, 0.15) is 19.8 Å². The molecule has 0 amide bonds. The lowest BCUT2D eigenvalue weighted by Gasteiger charge is -2.39. The molecule has 3 N–H and O–H groups in total. The highest BCUT2D eigenvalue weighted by molar-refractivity contribution is 5.50. The van der Waals surface area contributed by atoms with Gasteiger partial charge in [-0.05, 0) is 24.8 Å². The first-order valence-electron chi connectivity index (χ1n) is 6.49. The lowest BCUT2D eigenvalue weighted by Crippen LogP contribution is -2.42. The standard InChI is InChI=1S/C12H18N6O/c1-12(7-13)2-4-17(5-3-12)9-6-10-15-16-11(19)18(10)8-14-9/h6,8H,2-5,7,13H2,1H3,(H,16,19). The number of piperidine rings is 1. The van der Waals surface area contributed by atoms with Crippen LogP contribution in [0.4, 0.5) is 5.82 Å². The Labute approximate surface area is 110 Å². The third-order valence-electron chi connectivity index (χ3n) is 4.08. The average molecular weight is 262 g/mol. The summed E-state index contributed by atoms with van der Waals surface area (Å²) in [6.45, 7) is 4.83. The molecule has 1 fully saturated rings. The van der Waals surface area contributed by atoms with Crippen LogP contribution in [0.15, 0.2) is 17.2 Å². The van der Waals surface area contributed by atoms with Crippen LogP contribution in [-0.2, 0) is 0 Å². The molecule has 19 heavy (non-hydrogen) atoms. The third kappa shape index (κ3) is 2.10. The number of hydrogen-bond donors (Lipinski definition) is 2. The molecule has 3 rings (SSSR count). The summed E-state index contributed by atoms with van der Waals surface area (Å²) in [6.07, 6.45) is 3.64. The number of anilines is 1. The van der Waals surface area contributed by atoms with E-state index >= 15 is 0 Å². The molecule has 102 valence electrons. The number of nitrogens with zero attached hydrogens (tertiary/aromatic N) is 4. The van der Waals surface area contributed by atoms with Crippen molar-refractivity contribution in [3.05, 3.63) is 22.9 Å². The molecule has 0 saturated carbocycles. The summed E-state index contributed by atoms with van der Waals surface area (Å²) in [5.41, 5.74) is 6.39. The van der Waals surface area contributed by atoms with Crippen molar-refractivity contribution >= 4 is 11.5 Å². The molecule has 3 heterocycles. The molecule has 2 aromatic rings. The van der Waals surface area contributed by atoms with E-state index in [0.717, 1.165) is 38.3 Å². The van der Waals surface area contributed by atoms with Gasteiger partial charge in [0.2, 0.25) is 0 Å². The molecule has 7 heteroatoms. The Balaban J connectivity index is 1.84. The largest absolute Gasteiger partial charge is 0.356 e. The molecule has 0 bridgehead atoms. The minimum atomic E-state index is -0.261. The van der Waals surface area contributed by atoms with Gasteiger partial charge in [0.25, 0.3) is 0 Å². The normalized spacial score (nSPS) is 18.9. The van der Waals surface area contributed by atoms with Crippen molar-refractivity contribution in [3.8, 4) is 0 Å². The summed E-state index contributed by atoms with van der Waals surface area (Å²) in [5, 5.41) is 6.37. The number of aromatic nitrogens is 4. The summed E-state index contributed by atoms with van der Waals surface area (Å²) in [6, 6.07) is 1.84. The Bertz CT molecular complexity index is 637. The fraction of sp³-hybridized carbons (Fsp3) is 0.583. The second kappa shape index (κ2) is 4.34. The van der Waals surface area contributed by atoms with Gasteiger partial charge in [-0.1, -0.05) is 6.92 Å². The number of fused-ring (bicyclic) bond motifs is 1. The summed E-state index contributed by atoms with van der Waals surface area (Å²) >= 11 is 0. The van der Waals surface area contributed by atoms with Crippen molar-refractivity contribution in [1.82, 2.24) is 19.6 Å². The van der Waals surface area contributed by atoms with Gasteiger partial charge in [-0.25, -0.2) is 19.3 Å². The molecule has 0 unspecified atom stereocenters. The van der Waals surface area contributed by atoms with Crippen LogP contribution in [0, 0.1) is 5.41 Å². The van der Waals surface area contributed by atoms with E-state index in [2.05, 4.69) is 27.0 Å². The highest BCUT2D eigenvalue weighted by Crippen LogP contribution is 2.31. The van der Waals surface area contributed by atoms with E-state index in [9.17, 15) is 4.79 Å². The Morgan fingerprint density at radius 1 is 1.47 bits per heavy atom. The zero-order valence-corrected chi connectivity index (χ0v) is 11.0. The molecule has 1 aliphatic heterocycles. The maximum absolute atomic E-state index is 11.4. The third-order valence-corrected chi connectivity index (χ3v) is 4.08. The number of nitrogens with two attached hydrogens (primary N) is 1. The molecule has 1 aliphatic rings. The zero-order valence-electron chi connectivity index (χ0n) is 11.0. The lowest BCUT2D eigenvalue weighted by molar-refractivity contribution is 0.258. The van der Waals surface area contributed by atoms with Gasteiger partial charge in [0, 0.05) is 19.2 Å². The topological polar surface area (TPSA) is 92.3 Å². The Kier molecular flexibility index (Phi) is 2.78. The number of aromatic amines is 1. The molecule has 0 aromatic carbocycles. The number of rotatable bonds is 2. The molecular formula is C12H18N6O. The SMILES string of the molecule is CC1(CN)CCN(c2cc3n[nH]c(=O)n3cn2)CC1. The Morgan fingerprint density at radius 3 is 2.89 bits per heavy atom. The maximum atomic E-state index is 11.4. The minimum Gasteiger partial charge on any atom is -0.356 e. The predicted octanol–water partition coefficient (Wildman–Crippen LogP) is -0.0172. The number of H-pyrrole nitrogens is 1. The van der Waals surface area contributed by atoms with Crippen LogP contribution in [0.2, 0.25) is 0 Å². The summed E-state index contributed by atoms with van der Waals surface area (Å²) < 4.78 is 1.40. The van der Waals surface area contributed by atoms with E-state index in [4.69, 9.17) is 5.73 Å². The first kappa shape index (κ1) is 12.2. The van der Waals surface area contributed by atoms with Gasteiger partial charge >= 0.3 is 5.69 Å². The first-order valence-corrected chi connectivity index (χ1v) is 6.49. The van der Waals surface area contributed by atoms with Crippen LogP contribution in [0.5, 0.6) is 0 Å². The fourth-order valence-electron chi connectivity index (χ4n) is 2.45. The molecular weight excluding hydrogens is 244 g/mol. The van der Waals surface area contributed by atoms with Gasteiger partial charge < -0.3 is 10.6 Å². The van der Waals surface area contributed by atoms with Gasteiger partial charge in [-0.15, -0.1) is 0 Å². The van der Waals surface area contributed by atoms with Crippen molar-refractivity contribution in [1.29, 1.82) is 0 Å². The fourth-order valence-corrected chi connectivity index (χ4v) is 2.45. The van der Waals surface area contributed by atoms with Crippen LogP contribution in [0.25, 0.3) is 5.65 Å². The number of nitrogens with one attached hydrogen (secondary N) is 1. The zero-order chi connectivity index (χ0) is 13.5. The summed E-state index contributed by atoms with van der Waals surface area (Å²) in [5.74, 6) is 0.866. The second-order valence-corrected chi connectivity index (χ2v) is 5.51. The van der Waals surface area contributed by atoms with E-state index in [1.54, 1.807) is 0 Å². The van der Waals surface area contributed by atoms with E-state index in [0.29, 0.717) is 5.65 Å². The van der Waals surface area contributed by atoms with Gasteiger partial charge in [-0.2, -0.15) is 5.10 Å². The molecule has 0 spiro atoms. The molecule has 0 aliphatic carbocycles. The highest BCUT2D eigenvalue weighted by Gasteiger charge is 2.29. The average Bonchev–Trinajstić information content (AvgIpc) is 2.81. The van der Waals surface area contributed by atoms with Crippen molar-refractivity contribution in [2.75, 3.05) is 24.5 Å². The van der Waals surface area contributed by atoms with E-state index in [1.165, 1.54) is 10.7 Å². The minimum absolute atomic E-state index is 0.240. The summed E-state index contributed by atoms with van der Waals surface area (Å²) in [7, 11) is 0. The van der Waals surface area contributed by atoms with E-state index in [-0.39, 0.29) is 11.1 Å². The van der Waals surface area contributed by atoms with Crippen LogP contribution >= 0.6 is 0 Å². The Hall–Kier alpha value is -1.89.